The topological polar surface area (TPSA) is 69.0 Å². The molecule has 0 atom stereocenters. The lowest BCUT2D eigenvalue weighted by atomic mass is 10.0. The Morgan fingerprint density at radius 1 is 1.18 bits per heavy atom. The van der Waals surface area contributed by atoms with Crippen molar-refractivity contribution < 1.29 is 9.53 Å². The predicted octanol–water partition coefficient (Wildman–Crippen LogP) is 3.99. The van der Waals surface area contributed by atoms with E-state index in [1.807, 2.05) is 44.5 Å². The monoisotopic (exact) mass is 398 g/mol. The fraction of sp³-hybridized carbons (Fsp3) is 0.381. The van der Waals surface area contributed by atoms with Crippen LogP contribution in [0.1, 0.15) is 51.2 Å². The van der Waals surface area contributed by atoms with Gasteiger partial charge in [0.15, 0.2) is 0 Å². The number of aryl methyl sites for hydroxylation is 2. The van der Waals surface area contributed by atoms with E-state index in [0.717, 1.165) is 40.8 Å². The van der Waals surface area contributed by atoms with Gasteiger partial charge in [-0.05, 0) is 44.9 Å². The molecule has 28 heavy (non-hydrogen) atoms. The standard InChI is InChI=1S/C21H26N4O2S/c1-6-11-22-20(26)19-14(3)23-21(28-19)25-15(4)18(13(2)24-25)12-16-7-9-17(27-5)10-8-16/h7-10H,6,11-12H2,1-5H3,(H,22,26). The molecule has 1 aromatic carbocycles. The van der Waals surface area contributed by atoms with Crippen LogP contribution in [0.15, 0.2) is 24.3 Å². The van der Waals surface area contributed by atoms with Gasteiger partial charge < -0.3 is 10.1 Å². The Hall–Kier alpha value is -2.67. The average molecular weight is 399 g/mol. The van der Waals surface area contributed by atoms with Gasteiger partial charge in [0.1, 0.15) is 10.6 Å². The second kappa shape index (κ2) is 8.56. The van der Waals surface area contributed by atoms with Crippen LogP contribution in [-0.4, -0.2) is 34.3 Å². The zero-order valence-corrected chi connectivity index (χ0v) is 17.8. The van der Waals surface area contributed by atoms with E-state index >= 15 is 0 Å². The summed E-state index contributed by atoms with van der Waals surface area (Å²) < 4.78 is 7.08. The fourth-order valence-electron chi connectivity index (χ4n) is 3.07. The summed E-state index contributed by atoms with van der Waals surface area (Å²) in [6.07, 6.45) is 1.69. The second-order valence-corrected chi connectivity index (χ2v) is 7.73. The van der Waals surface area contributed by atoms with Gasteiger partial charge in [0.2, 0.25) is 5.13 Å². The zero-order valence-electron chi connectivity index (χ0n) is 17.0. The molecule has 0 bridgehead atoms. The van der Waals surface area contributed by atoms with Crippen molar-refractivity contribution >= 4 is 17.2 Å². The van der Waals surface area contributed by atoms with E-state index in [1.54, 1.807) is 7.11 Å². The summed E-state index contributed by atoms with van der Waals surface area (Å²) in [5, 5.41) is 8.34. The van der Waals surface area contributed by atoms with Gasteiger partial charge in [-0.1, -0.05) is 30.4 Å². The third kappa shape index (κ3) is 4.09. The minimum atomic E-state index is -0.0666. The highest BCUT2D eigenvalue weighted by Gasteiger charge is 2.20. The Balaban J connectivity index is 1.88. The number of carbonyl (C=O) groups is 1. The van der Waals surface area contributed by atoms with Crippen molar-refractivity contribution in [1.29, 1.82) is 0 Å². The first-order chi connectivity index (χ1) is 13.4. The molecular formula is C21H26N4O2S. The minimum Gasteiger partial charge on any atom is -0.497 e. The second-order valence-electron chi connectivity index (χ2n) is 6.75. The number of nitrogens with zero attached hydrogens (tertiary/aromatic N) is 3. The molecule has 3 aromatic rings. The van der Waals surface area contributed by atoms with E-state index in [2.05, 4.69) is 22.4 Å². The molecule has 7 heteroatoms. The van der Waals surface area contributed by atoms with Gasteiger partial charge in [-0.25, -0.2) is 9.67 Å². The molecule has 0 saturated carbocycles. The summed E-state index contributed by atoms with van der Waals surface area (Å²) in [4.78, 5) is 17.6. The van der Waals surface area contributed by atoms with Crippen LogP contribution in [-0.2, 0) is 6.42 Å². The van der Waals surface area contributed by atoms with E-state index < -0.39 is 0 Å². The van der Waals surface area contributed by atoms with Gasteiger partial charge >= 0.3 is 0 Å². The predicted molar refractivity (Wildman–Crippen MR) is 112 cm³/mol. The zero-order chi connectivity index (χ0) is 20.3. The highest BCUT2D eigenvalue weighted by molar-refractivity contribution is 7.16. The molecular weight excluding hydrogens is 372 g/mol. The van der Waals surface area contributed by atoms with Crippen molar-refractivity contribution in [2.24, 2.45) is 0 Å². The van der Waals surface area contributed by atoms with E-state index in [4.69, 9.17) is 9.84 Å². The number of amides is 1. The van der Waals surface area contributed by atoms with Crippen molar-refractivity contribution in [3.8, 4) is 10.9 Å². The van der Waals surface area contributed by atoms with Gasteiger partial charge in [-0.15, -0.1) is 0 Å². The maximum atomic E-state index is 12.3. The Bertz CT molecular complexity index is 973. The number of hydrogen-bond acceptors (Lipinski definition) is 5. The number of hydrogen-bond donors (Lipinski definition) is 1. The van der Waals surface area contributed by atoms with Gasteiger partial charge in [-0.2, -0.15) is 5.10 Å². The van der Waals surface area contributed by atoms with E-state index in [0.29, 0.717) is 11.4 Å². The van der Waals surface area contributed by atoms with E-state index in [9.17, 15) is 4.79 Å². The molecule has 0 radical (unpaired) electrons. The molecule has 0 unspecified atom stereocenters. The highest BCUT2D eigenvalue weighted by atomic mass is 32.1. The third-order valence-corrected chi connectivity index (χ3v) is 5.82. The van der Waals surface area contributed by atoms with Crippen LogP contribution in [0.3, 0.4) is 0 Å². The Morgan fingerprint density at radius 2 is 1.89 bits per heavy atom. The van der Waals surface area contributed by atoms with E-state index in [-0.39, 0.29) is 5.91 Å². The molecule has 0 saturated heterocycles. The maximum absolute atomic E-state index is 12.3. The number of ether oxygens (including phenoxy) is 1. The Labute approximate surface area is 169 Å². The van der Waals surface area contributed by atoms with Gasteiger partial charge in [0, 0.05) is 24.2 Å². The molecule has 1 N–H and O–H groups in total. The molecule has 3 rings (SSSR count). The Morgan fingerprint density at radius 3 is 2.54 bits per heavy atom. The number of rotatable bonds is 7. The molecule has 2 heterocycles. The smallest absolute Gasteiger partial charge is 0.263 e. The summed E-state index contributed by atoms with van der Waals surface area (Å²) in [5.41, 5.74) is 5.12. The maximum Gasteiger partial charge on any atom is 0.263 e. The first-order valence-electron chi connectivity index (χ1n) is 9.38. The van der Waals surface area contributed by atoms with Gasteiger partial charge in [-0.3, -0.25) is 4.79 Å². The normalized spacial score (nSPS) is 10.9. The van der Waals surface area contributed by atoms with Crippen LogP contribution >= 0.6 is 11.3 Å². The molecule has 1 amide bonds. The highest BCUT2D eigenvalue weighted by Crippen LogP contribution is 2.26. The van der Waals surface area contributed by atoms with Crippen molar-refractivity contribution in [3.05, 3.63) is 57.4 Å². The summed E-state index contributed by atoms with van der Waals surface area (Å²) in [6, 6.07) is 8.07. The number of thiazole rings is 1. The number of benzene rings is 1. The molecule has 0 aliphatic carbocycles. The summed E-state index contributed by atoms with van der Waals surface area (Å²) >= 11 is 1.38. The molecule has 2 aromatic heterocycles. The Kier molecular flexibility index (Phi) is 6.14. The average Bonchev–Trinajstić information content (AvgIpc) is 3.21. The summed E-state index contributed by atoms with van der Waals surface area (Å²) in [6.45, 7) is 8.62. The molecule has 0 spiro atoms. The van der Waals surface area contributed by atoms with Crippen molar-refractivity contribution in [1.82, 2.24) is 20.1 Å². The van der Waals surface area contributed by atoms with Crippen molar-refractivity contribution in [2.75, 3.05) is 13.7 Å². The summed E-state index contributed by atoms with van der Waals surface area (Å²) in [7, 11) is 1.67. The van der Waals surface area contributed by atoms with Crippen LogP contribution in [0, 0.1) is 20.8 Å². The van der Waals surface area contributed by atoms with Crippen molar-refractivity contribution in [3.63, 3.8) is 0 Å². The SMILES string of the molecule is CCCNC(=O)c1sc(-n2nc(C)c(Cc3ccc(OC)cc3)c2C)nc1C. The molecule has 148 valence electrons. The van der Waals surface area contributed by atoms with Gasteiger partial charge in [0.25, 0.3) is 5.91 Å². The third-order valence-electron chi connectivity index (χ3n) is 4.69. The largest absolute Gasteiger partial charge is 0.497 e. The minimum absolute atomic E-state index is 0.0666. The number of aromatic nitrogens is 3. The van der Waals surface area contributed by atoms with Crippen LogP contribution < -0.4 is 10.1 Å². The molecule has 0 aliphatic heterocycles. The first-order valence-corrected chi connectivity index (χ1v) is 10.2. The van der Waals surface area contributed by atoms with Crippen LogP contribution in [0.5, 0.6) is 5.75 Å². The molecule has 6 nitrogen and oxygen atoms in total. The number of carbonyl (C=O) groups excluding carboxylic acids is 1. The lowest BCUT2D eigenvalue weighted by Gasteiger charge is -2.05. The molecule has 0 fully saturated rings. The molecule has 0 aliphatic rings. The first kappa shape index (κ1) is 20.1. The number of nitrogens with one attached hydrogen (secondary N) is 1. The quantitative estimate of drug-likeness (QED) is 0.653. The van der Waals surface area contributed by atoms with Crippen LogP contribution in [0.4, 0.5) is 0 Å². The fourth-order valence-corrected chi connectivity index (χ4v) is 4.05. The van der Waals surface area contributed by atoms with Crippen LogP contribution in [0.2, 0.25) is 0 Å². The number of methoxy groups -OCH3 is 1. The van der Waals surface area contributed by atoms with Crippen LogP contribution in [0.25, 0.3) is 5.13 Å². The van der Waals surface area contributed by atoms with Gasteiger partial charge in [0.05, 0.1) is 18.5 Å². The lowest BCUT2D eigenvalue weighted by Crippen LogP contribution is -2.23. The lowest BCUT2D eigenvalue weighted by molar-refractivity contribution is 0.0957. The summed E-state index contributed by atoms with van der Waals surface area (Å²) in [5.74, 6) is 0.781. The van der Waals surface area contributed by atoms with E-state index in [1.165, 1.54) is 22.5 Å². The van der Waals surface area contributed by atoms with Crippen molar-refractivity contribution in [2.45, 2.75) is 40.5 Å².